The molecule has 1 atom stereocenters. The molecule has 180 valence electrons. The van der Waals surface area contributed by atoms with Gasteiger partial charge in [-0.15, -0.1) is 0 Å². The minimum Gasteiger partial charge on any atom is -0.372 e. The third kappa shape index (κ3) is 4.93. The lowest BCUT2D eigenvalue weighted by molar-refractivity contribution is -0.117. The number of rotatable bonds is 7. The van der Waals surface area contributed by atoms with Gasteiger partial charge in [0.2, 0.25) is 5.91 Å². The average Bonchev–Trinajstić information content (AvgIpc) is 2.83. The molecular formula is C27H35N5O2. The van der Waals surface area contributed by atoms with Gasteiger partial charge in [-0.25, -0.2) is 4.68 Å². The van der Waals surface area contributed by atoms with Crippen molar-refractivity contribution in [1.82, 2.24) is 9.78 Å². The molecule has 1 aliphatic heterocycles. The highest BCUT2D eigenvalue weighted by Crippen LogP contribution is 2.27. The molecule has 1 N–H and O–H groups in total. The van der Waals surface area contributed by atoms with Gasteiger partial charge in [-0.2, -0.15) is 5.10 Å². The van der Waals surface area contributed by atoms with Gasteiger partial charge < -0.3 is 15.1 Å². The number of hydrogen-bond donors (Lipinski definition) is 1. The summed E-state index contributed by atoms with van der Waals surface area (Å²) in [5.41, 5.74) is 2.63. The lowest BCUT2D eigenvalue weighted by atomic mass is 10.00. The second kappa shape index (κ2) is 10.3. The van der Waals surface area contributed by atoms with Crippen molar-refractivity contribution in [3.8, 4) is 0 Å². The molecule has 0 unspecified atom stereocenters. The number of aromatic nitrogens is 2. The smallest absolute Gasteiger partial charge is 0.275 e. The fourth-order valence-electron chi connectivity index (χ4n) is 4.84. The van der Waals surface area contributed by atoms with E-state index in [0.29, 0.717) is 11.3 Å². The Morgan fingerprint density at radius 1 is 1.15 bits per heavy atom. The van der Waals surface area contributed by atoms with Crippen molar-refractivity contribution in [3.05, 3.63) is 58.4 Å². The number of carbonyl (C=O) groups excluding carboxylic acids is 1. The van der Waals surface area contributed by atoms with Gasteiger partial charge in [0.05, 0.1) is 5.39 Å². The Morgan fingerprint density at radius 3 is 2.56 bits per heavy atom. The molecule has 4 rings (SSSR count). The highest BCUT2D eigenvalue weighted by Gasteiger charge is 2.22. The molecule has 34 heavy (non-hydrogen) atoms. The number of anilines is 3. The van der Waals surface area contributed by atoms with E-state index in [2.05, 4.69) is 47.1 Å². The Labute approximate surface area is 201 Å². The number of nitrogens with one attached hydrogen (secondary N) is 1. The summed E-state index contributed by atoms with van der Waals surface area (Å²) in [5.74, 6) is 1.09. The van der Waals surface area contributed by atoms with Crippen LogP contribution in [0.3, 0.4) is 0 Å². The van der Waals surface area contributed by atoms with Gasteiger partial charge >= 0.3 is 0 Å². The highest BCUT2D eigenvalue weighted by atomic mass is 16.2. The van der Waals surface area contributed by atoms with E-state index in [1.807, 2.05) is 43.3 Å². The molecule has 0 aliphatic carbocycles. The van der Waals surface area contributed by atoms with Gasteiger partial charge in [0.1, 0.15) is 6.54 Å². The van der Waals surface area contributed by atoms with E-state index in [1.54, 1.807) is 0 Å². The maximum atomic E-state index is 13.2. The van der Waals surface area contributed by atoms with Crippen LogP contribution in [0.2, 0.25) is 0 Å². The fraction of sp³-hybridized carbons (Fsp3) is 0.444. The van der Waals surface area contributed by atoms with Crippen LogP contribution < -0.4 is 20.7 Å². The zero-order valence-corrected chi connectivity index (χ0v) is 20.7. The van der Waals surface area contributed by atoms with Crippen molar-refractivity contribution in [3.63, 3.8) is 0 Å². The normalized spacial score (nSPS) is 16.0. The number of benzene rings is 2. The monoisotopic (exact) mass is 461 g/mol. The summed E-state index contributed by atoms with van der Waals surface area (Å²) >= 11 is 0. The fourth-order valence-corrected chi connectivity index (χ4v) is 4.84. The summed E-state index contributed by atoms with van der Waals surface area (Å²) in [4.78, 5) is 30.6. The first-order valence-corrected chi connectivity index (χ1v) is 12.3. The largest absolute Gasteiger partial charge is 0.372 e. The SMILES string of the molecule is CCN(CC)c1ccc(NC(=O)Cn2nc(N3CCC[C@H](C)C3)c3ccccc3c2=O)c(C)c1. The van der Waals surface area contributed by atoms with Crippen molar-refractivity contribution in [1.29, 1.82) is 0 Å². The van der Waals surface area contributed by atoms with Crippen molar-refractivity contribution in [2.24, 2.45) is 5.92 Å². The molecule has 0 saturated carbocycles. The lowest BCUT2D eigenvalue weighted by Gasteiger charge is -2.32. The number of fused-ring (bicyclic) bond motifs is 1. The summed E-state index contributed by atoms with van der Waals surface area (Å²) in [7, 11) is 0. The standard InChI is InChI=1S/C27H35N5O2/c1-5-30(6-2)21-13-14-24(20(4)16-21)28-25(33)18-32-27(34)23-12-8-7-11-22(23)26(29-32)31-15-9-10-19(3)17-31/h7-8,11-14,16,19H,5-6,9-10,15,17-18H2,1-4H3,(H,28,33)/t19-/m0/s1. The van der Waals surface area contributed by atoms with Crippen LogP contribution in [0.25, 0.3) is 10.8 Å². The summed E-state index contributed by atoms with van der Waals surface area (Å²) in [6, 6.07) is 13.6. The summed E-state index contributed by atoms with van der Waals surface area (Å²) in [6.07, 6.45) is 2.29. The number of carbonyl (C=O) groups is 1. The molecule has 1 saturated heterocycles. The minimum absolute atomic E-state index is 0.128. The second-order valence-corrected chi connectivity index (χ2v) is 9.25. The highest BCUT2D eigenvalue weighted by molar-refractivity contribution is 5.93. The van der Waals surface area contributed by atoms with E-state index < -0.39 is 0 Å². The van der Waals surface area contributed by atoms with Crippen molar-refractivity contribution in [2.75, 3.05) is 41.3 Å². The first-order chi connectivity index (χ1) is 16.4. The van der Waals surface area contributed by atoms with E-state index in [0.717, 1.165) is 60.7 Å². The molecular weight excluding hydrogens is 426 g/mol. The van der Waals surface area contributed by atoms with Crippen LogP contribution in [0.5, 0.6) is 0 Å². The van der Waals surface area contributed by atoms with E-state index in [9.17, 15) is 9.59 Å². The van der Waals surface area contributed by atoms with Crippen LogP contribution >= 0.6 is 0 Å². The molecule has 0 bridgehead atoms. The summed E-state index contributed by atoms with van der Waals surface area (Å²) in [6.45, 7) is 12.0. The Hall–Kier alpha value is -3.35. The van der Waals surface area contributed by atoms with E-state index in [4.69, 9.17) is 0 Å². The Bertz CT molecular complexity index is 1230. The van der Waals surface area contributed by atoms with Crippen LogP contribution in [0.15, 0.2) is 47.3 Å². The minimum atomic E-state index is -0.262. The number of hydrogen-bond acceptors (Lipinski definition) is 5. The number of nitrogens with zero attached hydrogens (tertiary/aromatic N) is 4. The van der Waals surface area contributed by atoms with Gasteiger partial charge in [-0.05, 0) is 69.4 Å². The van der Waals surface area contributed by atoms with Gasteiger partial charge in [0, 0.05) is 42.9 Å². The quantitative estimate of drug-likeness (QED) is 0.564. The van der Waals surface area contributed by atoms with Crippen molar-refractivity contribution >= 4 is 33.9 Å². The number of aryl methyl sites for hydroxylation is 1. The Morgan fingerprint density at radius 2 is 1.88 bits per heavy atom. The second-order valence-electron chi connectivity index (χ2n) is 9.25. The molecule has 3 aromatic rings. The molecule has 1 aromatic heterocycles. The molecule has 2 heterocycles. The molecule has 1 aliphatic rings. The van der Waals surface area contributed by atoms with Crippen LogP contribution in [-0.2, 0) is 11.3 Å². The van der Waals surface area contributed by atoms with Gasteiger partial charge in [0.25, 0.3) is 5.56 Å². The zero-order chi connectivity index (χ0) is 24.2. The van der Waals surface area contributed by atoms with Crippen LogP contribution in [0.4, 0.5) is 17.2 Å². The Balaban J connectivity index is 1.60. The van der Waals surface area contributed by atoms with E-state index in [-0.39, 0.29) is 18.0 Å². The molecule has 7 nitrogen and oxygen atoms in total. The zero-order valence-electron chi connectivity index (χ0n) is 20.7. The molecule has 1 amide bonds. The van der Waals surface area contributed by atoms with Crippen molar-refractivity contribution < 1.29 is 4.79 Å². The average molecular weight is 462 g/mol. The van der Waals surface area contributed by atoms with Gasteiger partial charge in [-0.3, -0.25) is 9.59 Å². The number of piperidine rings is 1. The topological polar surface area (TPSA) is 70.5 Å². The van der Waals surface area contributed by atoms with Crippen LogP contribution in [-0.4, -0.2) is 41.9 Å². The third-order valence-electron chi connectivity index (χ3n) is 6.71. The molecule has 7 heteroatoms. The first kappa shape index (κ1) is 23.8. The molecule has 1 fully saturated rings. The Kier molecular flexibility index (Phi) is 7.20. The molecule has 0 radical (unpaired) electrons. The van der Waals surface area contributed by atoms with E-state index >= 15 is 0 Å². The van der Waals surface area contributed by atoms with Gasteiger partial charge in [0.15, 0.2) is 5.82 Å². The maximum absolute atomic E-state index is 13.2. The first-order valence-electron chi connectivity index (χ1n) is 12.3. The maximum Gasteiger partial charge on any atom is 0.275 e. The third-order valence-corrected chi connectivity index (χ3v) is 6.71. The predicted molar refractivity (Wildman–Crippen MR) is 140 cm³/mol. The van der Waals surface area contributed by atoms with Crippen LogP contribution in [0.1, 0.15) is 39.2 Å². The summed E-state index contributed by atoms with van der Waals surface area (Å²) < 4.78 is 1.31. The summed E-state index contributed by atoms with van der Waals surface area (Å²) in [5, 5.41) is 9.10. The number of amides is 1. The lowest BCUT2D eigenvalue weighted by Crippen LogP contribution is -2.38. The van der Waals surface area contributed by atoms with Crippen LogP contribution in [0, 0.1) is 12.8 Å². The van der Waals surface area contributed by atoms with E-state index in [1.165, 1.54) is 11.1 Å². The molecule has 2 aromatic carbocycles. The molecule has 0 spiro atoms. The van der Waals surface area contributed by atoms with Crippen molar-refractivity contribution in [2.45, 2.75) is 47.1 Å². The predicted octanol–water partition coefficient (Wildman–Crippen LogP) is 4.43. The van der Waals surface area contributed by atoms with Gasteiger partial charge in [-0.1, -0.05) is 25.1 Å².